The van der Waals surface area contributed by atoms with Crippen molar-refractivity contribution in [2.24, 2.45) is 0 Å². The summed E-state index contributed by atoms with van der Waals surface area (Å²) in [5.74, 6) is 1.10. The summed E-state index contributed by atoms with van der Waals surface area (Å²) in [6.07, 6.45) is 3.30. The van der Waals surface area contributed by atoms with Gasteiger partial charge in [0, 0.05) is 6.20 Å². The summed E-state index contributed by atoms with van der Waals surface area (Å²) in [5, 5.41) is 0.440. The van der Waals surface area contributed by atoms with Gasteiger partial charge in [0.25, 0.3) is 5.91 Å². The number of aromatic nitrogens is 1. The van der Waals surface area contributed by atoms with Crippen LogP contribution in [-0.2, 0) is 0 Å². The molecule has 37 heavy (non-hydrogen) atoms. The number of fused-ring (bicyclic) bond motifs is 2. The molecule has 188 valence electrons. The standard InChI is InChI=1S/C30H28N2O5/c1-6-12-36-22-9-8-20(16-24(22)35-7-2)27-26-28(33)21-14-18(4)19(5)15-23(21)37-29(26)30(34)32(27)25-13-17(3)10-11-31-25/h6,8-11,13-16,27H,1,7,12H2,2-5H3. The van der Waals surface area contributed by atoms with Crippen LogP contribution in [0.4, 0.5) is 5.82 Å². The van der Waals surface area contributed by atoms with Crippen molar-refractivity contribution in [1.29, 1.82) is 0 Å². The molecule has 0 saturated heterocycles. The second kappa shape index (κ2) is 9.58. The van der Waals surface area contributed by atoms with E-state index in [4.69, 9.17) is 13.9 Å². The average Bonchev–Trinajstić information content (AvgIpc) is 3.17. The lowest BCUT2D eigenvalue weighted by Crippen LogP contribution is -2.30. The van der Waals surface area contributed by atoms with Crippen molar-refractivity contribution in [3.8, 4) is 11.5 Å². The van der Waals surface area contributed by atoms with Crippen molar-refractivity contribution in [3.05, 3.63) is 105 Å². The van der Waals surface area contributed by atoms with Crippen LogP contribution in [-0.4, -0.2) is 24.1 Å². The summed E-state index contributed by atoms with van der Waals surface area (Å²) in [6.45, 7) is 12.1. The van der Waals surface area contributed by atoms with Crippen LogP contribution in [0.15, 0.2) is 70.5 Å². The molecule has 1 aliphatic heterocycles. The zero-order valence-corrected chi connectivity index (χ0v) is 21.3. The molecule has 0 N–H and O–H groups in total. The van der Waals surface area contributed by atoms with Crippen molar-refractivity contribution >= 4 is 22.7 Å². The minimum atomic E-state index is -0.758. The second-order valence-electron chi connectivity index (χ2n) is 9.11. The first-order valence-electron chi connectivity index (χ1n) is 12.2. The average molecular weight is 497 g/mol. The molecule has 7 nitrogen and oxygen atoms in total. The van der Waals surface area contributed by atoms with E-state index in [1.807, 2.05) is 58.0 Å². The molecule has 1 aliphatic rings. The predicted octanol–water partition coefficient (Wildman–Crippen LogP) is 5.83. The molecule has 0 saturated carbocycles. The summed E-state index contributed by atoms with van der Waals surface area (Å²) in [7, 11) is 0. The Labute approximate surface area is 215 Å². The molecule has 1 atom stereocenters. The van der Waals surface area contributed by atoms with Gasteiger partial charge in [0.15, 0.2) is 16.9 Å². The highest BCUT2D eigenvalue weighted by Gasteiger charge is 2.44. The molecule has 0 bridgehead atoms. The number of ether oxygens (including phenoxy) is 2. The molecule has 4 aromatic rings. The van der Waals surface area contributed by atoms with Gasteiger partial charge in [-0.2, -0.15) is 0 Å². The first kappa shape index (κ1) is 24.3. The minimum Gasteiger partial charge on any atom is -0.490 e. The molecule has 0 fully saturated rings. The third-order valence-corrected chi connectivity index (χ3v) is 6.57. The lowest BCUT2D eigenvalue weighted by Gasteiger charge is -2.25. The minimum absolute atomic E-state index is 0.0269. The lowest BCUT2D eigenvalue weighted by atomic mass is 9.97. The van der Waals surface area contributed by atoms with Crippen molar-refractivity contribution in [1.82, 2.24) is 4.98 Å². The monoisotopic (exact) mass is 496 g/mol. The largest absolute Gasteiger partial charge is 0.490 e. The molecule has 0 radical (unpaired) electrons. The van der Waals surface area contributed by atoms with Crippen molar-refractivity contribution in [2.45, 2.75) is 33.7 Å². The van der Waals surface area contributed by atoms with E-state index in [2.05, 4.69) is 11.6 Å². The summed E-state index contributed by atoms with van der Waals surface area (Å²) < 4.78 is 17.8. The number of rotatable bonds is 7. The Balaban J connectivity index is 1.78. The van der Waals surface area contributed by atoms with Crippen LogP contribution in [0.5, 0.6) is 11.5 Å². The third kappa shape index (κ3) is 4.16. The van der Waals surface area contributed by atoms with Gasteiger partial charge >= 0.3 is 0 Å². The number of pyridine rings is 1. The van der Waals surface area contributed by atoms with E-state index in [0.29, 0.717) is 47.1 Å². The highest BCUT2D eigenvalue weighted by Crippen LogP contribution is 2.43. The number of nitrogens with zero attached hydrogens (tertiary/aromatic N) is 2. The number of benzene rings is 2. The number of carbonyl (C=O) groups is 1. The van der Waals surface area contributed by atoms with Gasteiger partial charge in [-0.15, -0.1) is 0 Å². The molecule has 1 amide bonds. The van der Waals surface area contributed by atoms with Crippen molar-refractivity contribution < 1.29 is 18.7 Å². The van der Waals surface area contributed by atoms with Gasteiger partial charge in [-0.05, 0) is 86.3 Å². The molecule has 1 unspecified atom stereocenters. The van der Waals surface area contributed by atoms with E-state index in [1.54, 1.807) is 24.4 Å². The number of hydrogen-bond acceptors (Lipinski definition) is 6. The van der Waals surface area contributed by atoms with E-state index in [9.17, 15) is 9.59 Å². The Kier molecular flexibility index (Phi) is 6.29. The highest BCUT2D eigenvalue weighted by atomic mass is 16.5. The predicted molar refractivity (Wildman–Crippen MR) is 143 cm³/mol. The lowest BCUT2D eigenvalue weighted by molar-refractivity contribution is 0.0970. The summed E-state index contributed by atoms with van der Waals surface area (Å²) in [6, 6.07) is 12.0. The van der Waals surface area contributed by atoms with E-state index in [1.165, 1.54) is 4.90 Å². The molecule has 0 aliphatic carbocycles. The Bertz CT molecular complexity index is 1600. The molecular formula is C30H28N2O5. The van der Waals surface area contributed by atoms with Crippen LogP contribution in [0.3, 0.4) is 0 Å². The number of hydrogen-bond donors (Lipinski definition) is 0. The van der Waals surface area contributed by atoms with Crippen molar-refractivity contribution in [2.75, 3.05) is 18.1 Å². The van der Waals surface area contributed by atoms with Crippen LogP contribution in [0, 0.1) is 20.8 Å². The fourth-order valence-corrected chi connectivity index (χ4v) is 4.66. The van der Waals surface area contributed by atoms with Crippen LogP contribution in [0.25, 0.3) is 11.0 Å². The number of carbonyl (C=O) groups excluding carboxylic acids is 1. The van der Waals surface area contributed by atoms with Gasteiger partial charge in [-0.1, -0.05) is 18.7 Å². The normalized spacial score (nSPS) is 14.6. The summed E-state index contributed by atoms with van der Waals surface area (Å²) in [4.78, 5) is 33.8. The molecule has 7 heteroatoms. The van der Waals surface area contributed by atoms with Gasteiger partial charge in [0.2, 0.25) is 5.76 Å². The molecule has 5 rings (SSSR count). The zero-order valence-electron chi connectivity index (χ0n) is 21.3. The van der Waals surface area contributed by atoms with Crippen LogP contribution >= 0.6 is 0 Å². The van der Waals surface area contributed by atoms with E-state index in [-0.39, 0.29) is 16.8 Å². The number of aryl methyl sites for hydroxylation is 3. The molecule has 2 aromatic heterocycles. The zero-order chi connectivity index (χ0) is 26.3. The van der Waals surface area contributed by atoms with Crippen LogP contribution in [0.1, 0.15) is 51.3 Å². The highest BCUT2D eigenvalue weighted by molar-refractivity contribution is 6.10. The van der Waals surface area contributed by atoms with Crippen molar-refractivity contribution in [3.63, 3.8) is 0 Å². The first-order chi connectivity index (χ1) is 17.8. The second-order valence-corrected chi connectivity index (χ2v) is 9.11. The van der Waals surface area contributed by atoms with Gasteiger partial charge in [-0.25, -0.2) is 4.98 Å². The summed E-state index contributed by atoms with van der Waals surface area (Å²) >= 11 is 0. The number of amides is 1. The Hall–Kier alpha value is -4.39. The molecule has 3 heterocycles. The first-order valence-corrected chi connectivity index (χ1v) is 12.2. The topological polar surface area (TPSA) is 81.9 Å². The van der Waals surface area contributed by atoms with Gasteiger partial charge in [-0.3, -0.25) is 14.5 Å². The van der Waals surface area contributed by atoms with E-state index in [0.717, 1.165) is 16.7 Å². The fourth-order valence-electron chi connectivity index (χ4n) is 4.66. The Morgan fingerprint density at radius 1 is 1.03 bits per heavy atom. The van der Waals surface area contributed by atoms with E-state index < -0.39 is 11.9 Å². The maximum Gasteiger partial charge on any atom is 0.296 e. The SMILES string of the molecule is C=CCOc1ccc(C2c3c(oc4cc(C)c(C)cc4c3=O)C(=O)N2c2cc(C)ccn2)cc1OCC. The molecular weight excluding hydrogens is 468 g/mol. The quantitative estimate of drug-likeness (QED) is 0.300. The maximum absolute atomic E-state index is 13.9. The van der Waals surface area contributed by atoms with Gasteiger partial charge in [0.05, 0.1) is 23.6 Å². The van der Waals surface area contributed by atoms with Gasteiger partial charge in [0.1, 0.15) is 18.0 Å². The third-order valence-electron chi connectivity index (χ3n) is 6.57. The Morgan fingerprint density at radius 3 is 2.54 bits per heavy atom. The maximum atomic E-state index is 13.9. The van der Waals surface area contributed by atoms with Crippen LogP contribution < -0.4 is 19.8 Å². The molecule has 2 aromatic carbocycles. The summed E-state index contributed by atoms with van der Waals surface area (Å²) in [5.41, 5.74) is 4.00. The fraction of sp³-hybridized carbons (Fsp3) is 0.233. The Morgan fingerprint density at radius 2 is 1.81 bits per heavy atom. The van der Waals surface area contributed by atoms with Crippen LogP contribution in [0.2, 0.25) is 0 Å². The number of anilines is 1. The van der Waals surface area contributed by atoms with E-state index >= 15 is 0 Å². The molecule has 0 spiro atoms. The smallest absolute Gasteiger partial charge is 0.296 e. The van der Waals surface area contributed by atoms with Gasteiger partial charge < -0.3 is 13.9 Å².